The standard InChI is InChI=1S/C23H25NO7/c1-4-12-30-19-11-10-17(14-20(19)28-2)22(26)31-15-21(25)24-18(23(27)29-3)13-16-8-6-5-7-9-16/h4-11,14,18H,1,12-13,15H2,2-3H3,(H,24,25). The molecule has 0 aliphatic heterocycles. The molecular weight excluding hydrogens is 402 g/mol. The van der Waals surface area contributed by atoms with E-state index in [1.807, 2.05) is 30.3 Å². The second-order valence-electron chi connectivity index (χ2n) is 6.37. The minimum absolute atomic E-state index is 0.185. The Balaban J connectivity index is 1.96. The third-order valence-corrected chi connectivity index (χ3v) is 4.19. The number of nitrogens with one attached hydrogen (secondary N) is 1. The molecule has 0 bridgehead atoms. The molecule has 0 saturated carbocycles. The number of rotatable bonds is 11. The van der Waals surface area contributed by atoms with E-state index in [4.69, 9.17) is 18.9 Å². The van der Waals surface area contributed by atoms with E-state index in [2.05, 4.69) is 11.9 Å². The van der Waals surface area contributed by atoms with Gasteiger partial charge in [-0.15, -0.1) is 0 Å². The Morgan fingerprint density at radius 2 is 1.81 bits per heavy atom. The lowest BCUT2D eigenvalue weighted by Crippen LogP contribution is -2.44. The number of carbonyl (C=O) groups is 3. The quantitative estimate of drug-likeness (QED) is 0.434. The van der Waals surface area contributed by atoms with Gasteiger partial charge in [0, 0.05) is 6.42 Å². The van der Waals surface area contributed by atoms with Crippen molar-refractivity contribution >= 4 is 17.8 Å². The summed E-state index contributed by atoms with van der Waals surface area (Å²) in [7, 11) is 2.68. The Morgan fingerprint density at radius 3 is 2.45 bits per heavy atom. The molecule has 1 atom stereocenters. The highest BCUT2D eigenvalue weighted by molar-refractivity contribution is 5.92. The van der Waals surface area contributed by atoms with Crippen LogP contribution >= 0.6 is 0 Å². The average molecular weight is 427 g/mol. The van der Waals surface area contributed by atoms with Crippen molar-refractivity contribution in [2.45, 2.75) is 12.5 Å². The lowest BCUT2D eigenvalue weighted by Gasteiger charge is -2.16. The van der Waals surface area contributed by atoms with Crippen LogP contribution in [0.2, 0.25) is 0 Å². The van der Waals surface area contributed by atoms with Crippen molar-refractivity contribution in [3.05, 3.63) is 72.3 Å². The zero-order valence-corrected chi connectivity index (χ0v) is 17.5. The largest absolute Gasteiger partial charge is 0.493 e. The van der Waals surface area contributed by atoms with Gasteiger partial charge in [0.25, 0.3) is 5.91 Å². The summed E-state index contributed by atoms with van der Waals surface area (Å²) in [5, 5.41) is 2.53. The maximum absolute atomic E-state index is 12.3. The van der Waals surface area contributed by atoms with Gasteiger partial charge in [0.15, 0.2) is 18.1 Å². The lowest BCUT2D eigenvalue weighted by molar-refractivity contribution is -0.145. The first-order chi connectivity index (χ1) is 15.0. The predicted molar refractivity (Wildman–Crippen MR) is 113 cm³/mol. The summed E-state index contributed by atoms with van der Waals surface area (Å²) < 4.78 is 20.5. The number of hydrogen-bond donors (Lipinski definition) is 1. The van der Waals surface area contributed by atoms with Crippen LogP contribution in [0.3, 0.4) is 0 Å². The van der Waals surface area contributed by atoms with Gasteiger partial charge in [-0.05, 0) is 23.8 Å². The van der Waals surface area contributed by atoms with Crippen LogP contribution in [0.4, 0.5) is 0 Å². The molecule has 2 rings (SSSR count). The van der Waals surface area contributed by atoms with E-state index >= 15 is 0 Å². The topological polar surface area (TPSA) is 100 Å². The molecule has 0 spiro atoms. The van der Waals surface area contributed by atoms with E-state index in [0.717, 1.165) is 5.56 Å². The molecule has 164 valence electrons. The first-order valence-electron chi connectivity index (χ1n) is 9.48. The molecular formula is C23H25NO7. The summed E-state index contributed by atoms with van der Waals surface area (Å²) in [6.45, 7) is 3.30. The van der Waals surface area contributed by atoms with Crippen LogP contribution in [0.15, 0.2) is 61.2 Å². The molecule has 31 heavy (non-hydrogen) atoms. The van der Waals surface area contributed by atoms with Crippen molar-refractivity contribution in [1.29, 1.82) is 0 Å². The minimum atomic E-state index is -0.903. The van der Waals surface area contributed by atoms with Crippen LogP contribution < -0.4 is 14.8 Å². The molecule has 0 radical (unpaired) electrons. The Morgan fingerprint density at radius 1 is 1.06 bits per heavy atom. The van der Waals surface area contributed by atoms with Gasteiger partial charge in [-0.3, -0.25) is 4.79 Å². The van der Waals surface area contributed by atoms with Crippen LogP contribution in [0.1, 0.15) is 15.9 Å². The molecule has 0 aromatic heterocycles. The van der Waals surface area contributed by atoms with Crippen LogP contribution in [0, 0.1) is 0 Å². The summed E-state index contributed by atoms with van der Waals surface area (Å²) >= 11 is 0. The van der Waals surface area contributed by atoms with Crippen molar-refractivity contribution in [2.24, 2.45) is 0 Å². The van der Waals surface area contributed by atoms with Gasteiger partial charge in [-0.25, -0.2) is 9.59 Å². The van der Waals surface area contributed by atoms with Gasteiger partial charge in [0.05, 0.1) is 19.8 Å². The first-order valence-corrected chi connectivity index (χ1v) is 9.48. The van der Waals surface area contributed by atoms with Gasteiger partial charge >= 0.3 is 11.9 Å². The first kappa shape index (κ1) is 23.5. The minimum Gasteiger partial charge on any atom is -0.493 e. The highest BCUT2D eigenvalue weighted by atomic mass is 16.5. The molecule has 2 aromatic carbocycles. The van der Waals surface area contributed by atoms with Gasteiger partial charge in [-0.2, -0.15) is 0 Å². The number of carbonyl (C=O) groups excluding carboxylic acids is 3. The lowest BCUT2D eigenvalue weighted by atomic mass is 10.1. The second kappa shape index (κ2) is 12.0. The molecule has 8 heteroatoms. The summed E-state index contributed by atoms with van der Waals surface area (Å²) in [5.41, 5.74) is 1.03. The molecule has 1 N–H and O–H groups in total. The number of benzene rings is 2. The summed E-state index contributed by atoms with van der Waals surface area (Å²) in [4.78, 5) is 36.6. The fraction of sp³-hybridized carbons (Fsp3) is 0.261. The number of esters is 2. The smallest absolute Gasteiger partial charge is 0.338 e. The number of methoxy groups -OCH3 is 2. The fourth-order valence-electron chi connectivity index (χ4n) is 2.70. The summed E-state index contributed by atoms with van der Waals surface area (Å²) in [6.07, 6.45) is 1.83. The fourth-order valence-corrected chi connectivity index (χ4v) is 2.70. The molecule has 2 aromatic rings. The Kier molecular flexibility index (Phi) is 9.10. The number of hydrogen-bond acceptors (Lipinski definition) is 7. The van der Waals surface area contributed by atoms with Crippen LogP contribution in [0.25, 0.3) is 0 Å². The van der Waals surface area contributed by atoms with Crippen LogP contribution in [-0.2, 0) is 25.5 Å². The summed E-state index contributed by atoms with van der Waals surface area (Å²) in [6, 6.07) is 12.8. The van der Waals surface area contributed by atoms with Crippen molar-refractivity contribution in [1.82, 2.24) is 5.32 Å². The van der Waals surface area contributed by atoms with E-state index in [-0.39, 0.29) is 18.6 Å². The second-order valence-corrected chi connectivity index (χ2v) is 6.37. The van der Waals surface area contributed by atoms with E-state index < -0.39 is 30.5 Å². The predicted octanol–water partition coefficient (Wildman–Crippen LogP) is 2.32. The zero-order valence-electron chi connectivity index (χ0n) is 17.5. The molecule has 0 saturated heterocycles. The number of amides is 1. The van der Waals surface area contributed by atoms with Gasteiger partial charge < -0.3 is 24.3 Å². The summed E-state index contributed by atoms with van der Waals surface area (Å²) in [5.74, 6) is -1.16. The van der Waals surface area contributed by atoms with Crippen LogP contribution in [-0.4, -0.2) is 51.3 Å². The molecule has 0 fully saturated rings. The van der Waals surface area contributed by atoms with Crippen molar-refractivity contribution in [3.8, 4) is 11.5 Å². The Labute approximate surface area is 180 Å². The highest BCUT2D eigenvalue weighted by Crippen LogP contribution is 2.28. The SMILES string of the molecule is C=CCOc1ccc(C(=O)OCC(=O)NC(Cc2ccccc2)C(=O)OC)cc1OC. The molecule has 0 aliphatic carbocycles. The Hall–Kier alpha value is -3.81. The third kappa shape index (κ3) is 7.18. The molecule has 0 aliphatic rings. The Bertz CT molecular complexity index is 911. The molecule has 0 heterocycles. The monoisotopic (exact) mass is 427 g/mol. The molecule has 8 nitrogen and oxygen atoms in total. The number of ether oxygens (including phenoxy) is 4. The van der Waals surface area contributed by atoms with Gasteiger partial charge in [0.1, 0.15) is 12.6 Å². The maximum Gasteiger partial charge on any atom is 0.338 e. The van der Waals surface area contributed by atoms with Crippen LogP contribution in [0.5, 0.6) is 11.5 Å². The maximum atomic E-state index is 12.3. The van der Waals surface area contributed by atoms with Gasteiger partial charge in [-0.1, -0.05) is 43.0 Å². The zero-order chi connectivity index (χ0) is 22.6. The average Bonchev–Trinajstić information content (AvgIpc) is 2.80. The normalized spacial score (nSPS) is 11.0. The van der Waals surface area contributed by atoms with Crippen molar-refractivity contribution in [2.75, 3.05) is 27.4 Å². The third-order valence-electron chi connectivity index (χ3n) is 4.19. The van der Waals surface area contributed by atoms with Crippen molar-refractivity contribution < 1.29 is 33.3 Å². The van der Waals surface area contributed by atoms with E-state index in [9.17, 15) is 14.4 Å². The van der Waals surface area contributed by atoms with Crippen molar-refractivity contribution in [3.63, 3.8) is 0 Å². The molecule has 1 unspecified atom stereocenters. The highest BCUT2D eigenvalue weighted by Gasteiger charge is 2.23. The van der Waals surface area contributed by atoms with Gasteiger partial charge in [0.2, 0.25) is 0 Å². The van der Waals surface area contributed by atoms with E-state index in [1.165, 1.54) is 26.4 Å². The molecule has 1 amide bonds. The van der Waals surface area contributed by atoms with E-state index in [1.54, 1.807) is 12.1 Å². The van der Waals surface area contributed by atoms with E-state index in [0.29, 0.717) is 11.5 Å².